The molecule has 0 aliphatic carbocycles. The van der Waals surface area contributed by atoms with E-state index >= 15 is 0 Å². The number of fused-ring (bicyclic) bond motifs is 2. The highest BCUT2D eigenvalue weighted by Crippen LogP contribution is 2.23. The maximum absolute atomic E-state index is 8.94. The number of hydrogen-bond acceptors (Lipinski definition) is 4. The number of nitriles is 1. The molecule has 0 aliphatic heterocycles. The van der Waals surface area contributed by atoms with Crippen LogP contribution in [-0.2, 0) is 33.5 Å². The van der Waals surface area contributed by atoms with Gasteiger partial charge in [-0.3, -0.25) is 0 Å². The molecule has 4 aromatic heterocycles. The number of imidazole rings is 2. The van der Waals surface area contributed by atoms with Gasteiger partial charge in [0.15, 0.2) is 0 Å². The zero-order valence-electron chi connectivity index (χ0n) is 20.4. The van der Waals surface area contributed by atoms with E-state index in [1.807, 2.05) is 66.3 Å². The van der Waals surface area contributed by atoms with E-state index in [-0.39, 0.29) is 0 Å². The Morgan fingerprint density at radius 3 is 1.89 bits per heavy atom. The van der Waals surface area contributed by atoms with Crippen molar-refractivity contribution < 1.29 is 0 Å². The minimum absolute atomic E-state index is 0.574. The Bertz CT molecular complexity index is 1670. The topological polar surface area (TPSA) is 117 Å². The number of benzene rings is 2. The van der Waals surface area contributed by atoms with Crippen molar-refractivity contribution in [1.82, 2.24) is 29.1 Å². The van der Waals surface area contributed by atoms with Crippen molar-refractivity contribution in [2.75, 3.05) is 0 Å². The zero-order chi connectivity index (χ0) is 25.1. The lowest BCUT2D eigenvalue weighted by Crippen LogP contribution is -1.95. The first-order valence-corrected chi connectivity index (χ1v) is 11.7. The molecule has 0 unspecified atom stereocenters. The average molecular weight is 477 g/mol. The van der Waals surface area contributed by atoms with Gasteiger partial charge in [-0.15, -0.1) is 0 Å². The van der Waals surface area contributed by atoms with Gasteiger partial charge in [-0.25, -0.2) is 9.97 Å². The molecule has 0 amide bonds. The summed E-state index contributed by atoms with van der Waals surface area (Å²) in [6.07, 6.45) is 13.3. The molecule has 4 N–H and O–H groups in total. The number of nitrogens with one attached hydrogen (secondary N) is 2. The predicted octanol–water partition coefficient (Wildman–Crippen LogP) is 4.31. The van der Waals surface area contributed by atoms with Crippen LogP contribution in [0.25, 0.3) is 21.8 Å². The van der Waals surface area contributed by atoms with E-state index in [0.717, 1.165) is 46.2 Å². The van der Waals surface area contributed by atoms with Gasteiger partial charge >= 0.3 is 0 Å². The molecule has 0 aliphatic rings. The highest BCUT2D eigenvalue weighted by Gasteiger charge is 2.08. The largest absolute Gasteiger partial charge is 0.361 e. The third kappa shape index (κ3) is 4.92. The fourth-order valence-electron chi connectivity index (χ4n) is 4.40. The fourth-order valence-corrected chi connectivity index (χ4v) is 4.40. The molecule has 0 saturated carbocycles. The zero-order valence-corrected chi connectivity index (χ0v) is 20.4. The first-order valence-electron chi connectivity index (χ1n) is 11.7. The lowest BCUT2D eigenvalue weighted by Gasteiger charge is -1.99. The minimum atomic E-state index is 0.574. The number of nitrogens with two attached hydrogens (primary N) is 1. The molecule has 6 rings (SSSR count). The highest BCUT2D eigenvalue weighted by atomic mass is 15.0. The molecule has 0 radical (unpaired) electrons. The molecule has 2 aromatic carbocycles. The van der Waals surface area contributed by atoms with Crippen LogP contribution in [0.3, 0.4) is 0 Å². The van der Waals surface area contributed by atoms with Crippen LogP contribution in [0.1, 0.15) is 33.6 Å². The van der Waals surface area contributed by atoms with Crippen molar-refractivity contribution >= 4 is 21.8 Å². The predicted molar refractivity (Wildman–Crippen MR) is 141 cm³/mol. The molecular formula is C28H28N8. The van der Waals surface area contributed by atoms with Crippen molar-refractivity contribution in [1.29, 1.82) is 5.26 Å². The van der Waals surface area contributed by atoms with Crippen molar-refractivity contribution in [3.63, 3.8) is 0 Å². The molecule has 4 heterocycles. The van der Waals surface area contributed by atoms with Crippen molar-refractivity contribution in [3.05, 3.63) is 107 Å². The van der Waals surface area contributed by atoms with Crippen molar-refractivity contribution in [2.45, 2.75) is 19.4 Å². The van der Waals surface area contributed by atoms with Crippen LogP contribution in [0.4, 0.5) is 0 Å². The summed E-state index contributed by atoms with van der Waals surface area (Å²) in [6.45, 7) is 0.574. The number of hydrogen-bond donors (Lipinski definition) is 3. The summed E-state index contributed by atoms with van der Waals surface area (Å²) in [5, 5.41) is 11.3. The Morgan fingerprint density at radius 2 is 1.39 bits per heavy atom. The molecule has 8 nitrogen and oxygen atoms in total. The van der Waals surface area contributed by atoms with E-state index in [4.69, 9.17) is 11.0 Å². The Kier molecular flexibility index (Phi) is 6.39. The summed E-state index contributed by atoms with van der Waals surface area (Å²) in [7, 11) is 3.94. The smallest absolute Gasteiger partial charge is 0.0991 e. The molecule has 6 aromatic rings. The normalized spacial score (nSPS) is 10.9. The SMILES string of the molecule is Cn1cnc(Cc2c[nH]c3ccc(C#N)cc23)c1.Cn1cnc(Cc2c[nH]c3ccc(CN)cc23)c1. The van der Waals surface area contributed by atoms with Gasteiger partial charge in [0, 0.05) is 80.1 Å². The Balaban J connectivity index is 0.000000148. The van der Waals surface area contributed by atoms with Crippen LogP contribution >= 0.6 is 0 Å². The first kappa shape index (κ1) is 23.1. The summed E-state index contributed by atoms with van der Waals surface area (Å²) in [5.41, 5.74) is 14.3. The third-order valence-corrected chi connectivity index (χ3v) is 6.22. The Labute approximate surface area is 209 Å². The van der Waals surface area contributed by atoms with Crippen molar-refractivity contribution in [2.24, 2.45) is 19.8 Å². The molecule has 0 saturated heterocycles. The lowest BCUT2D eigenvalue weighted by atomic mass is 10.1. The van der Waals surface area contributed by atoms with E-state index in [9.17, 15) is 0 Å². The molecule has 0 spiro atoms. The minimum Gasteiger partial charge on any atom is -0.361 e. The quantitative estimate of drug-likeness (QED) is 0.344. The first-order chi connectivity index (χ1) is 17.5. The van der Waals surface area contributed by atoms with E-state index < -0.39 is 0 Å². The second kappa shape index (κ2) is 9.94. The van der Waals surface area contributed by atoms with Crippen molar-refractivity contribution in [3.8, 4) is 6.07 Å². The van der Waals surface area contributed by atoms with Crippen LogP contribution in [0.2, 0.25) is 0 Å². The number of aryl methyl sites for hydroxylation is 2. The summed E-state index contributed by atoms with van der Waals surface area (Å²) in [4.78, 5) is 15.2. The van der Waals surface area contributed by atoms with E-state index in [2.05, 4.69) is 50.4 Å². The van der Waals surface area contributed by atoms with Gasteiger partial charge < -0.3 is 24.8 Å². The average Bonchev–Trinajstić information content (AvgIpc) is 3.68. The van der Waals surface area contributed by atoms with Crippen LogP contribution < -0.4 is 5.73 Å². The standard InChI is InChI=1S/C14H16N4.C14H12N4/c2*1-18-8-12(17-9-18)5-11-7-16-14-3-2-10(6-15)4-13(11)14/h2-4,7-9,16H,5-6,15H2,1H3;2-4,7-9,16H,5H2,1H3. The van der Waals surface area contributed by atoms with Crippen LogP contribution in [0.15, 0.2) is 73.8 Å². The second-order valence-corrected chi connectivity index (χ2v) is 9.00. The molecule has 180 valence electrons. The molecule has 0 atom stereocenters. The van der Waals surface area contributed by atoms with Gasteiger partial charge in [0.05, 0.1) is 35.7 Å². The van der Waals surface area contributed by atoms with Gasteiger partial charge in [0.2, 0.25) is 0 Å². The molecule has 36 heavy (non-hydrogen) atoms. The summed E-state index contributed by atoms with van der Waals surface area (Å²) in [6, 6.07) is 14.2. The van der Waals surface area contributed by atoms with Gasteiger partial charge in [-0.2, -0.15) is 5.26 Å². The summed E-state index contributed by atoms with van der Waals surface area (Å²) in [5.74, 6) is 0. The highest BCUT2D eigenvalue weighted by molar-refractivity contribution is 5.85. The fraction of sp³-hybridized carbons (Fsp3) is 0.179. The van der Waals surface area contributed by atoms with Crippen LogP contribution in [0, 0.1) is 11.3 Å². The number of rotatable bonds is 5. The number of nitrogens with zero attached hydrogens (tertiary/aromatic N) is 5. The monoisotopic (exact) mass is 476 g/mol. The maximum Gasteiger partial charge on any atom is 0.0991 e. The van der Waals surface area contributed by atoms with Crippen LogP contribution in [-0.4, -0.2) is 29.1 Å². The van der Waals surface area contributed by atoms with E-state index in [0.29, 0.717) is 12.1 Å². The van der Waals surface area contributed by atoms with Gasteiger partial charge in [-0.05, 0) is 47.0 Å². The van der Waals surface area contributed by atoms with E-state index in [1.165, 1.54) is 16.5 Å². The molecule has 0 bridgehead atoms. The van der Waals surface area contributed by atoms with Gasteiger partial charge in [-0.1, -0.05) is 6.07 Å². The second-order valence-electron chi connectivity index (χ2n) is 9.00. The van der Waals surface area contributed by atoms with Crippen LogP contribution in [0.5, 0.6) is 0 Å². The maximum atomic E-state index is 8.94. The third-order valence-electron chi connectivity index (χ3n) is 6.22. The van der Waals surface area contributed by atoms with E-state index in [1.54, 1.807) is 6.33 Å². The molecule has 0 fully saturated rings. The summed E-state index contributed by atoms with van der Waals surface area (Å²) >= 11 is 0. The number of aromatic amines is 2. The van der Waals surface area contributed by atoms with Gasteiger partial charge in [0.25, 0.3) is 0 Å². The summed E-state index contributed by atoms with van der Waals surface area (Å²) < 4.78 is 3.90. The number of aromatic nitrogens is 6. The number of H-pyrrole nitrogens is 2. The Morgan fingerprint density at radius 1 is 0.833 bits per heavy atom. The molecule has 8 heteroatoms. The van der Waals surface area contributed by atoms with Gasteiger partial charge in [0.1, 0.15) is 0 Å². The Hall–Kier alpha value is -4.61. The lowest BCUT2D eigenvalue weighted by molar-refractivity contribution is 0.912. The molecular weight excluding hydrogens is 448 g/mol.